The van der Waals surface area contributed by atoms with Crippen LogP contribution in [0.3, 0.4) is 0 Å². The number of fused-ring (bicyclic) bond motifs is 1. The second-order valence-corrected chi connectivity index (χ2v) is 9.05. The van der Waals surface area contributed by atoms with E-state index < -0.39 is 10.0 Å². The van der Waals surface area contributed by atoms with Gasteiger partial charge in [0.1, 0.15) is 0 Å². The van der Waals surface area contributed by atoms with Gasteiger partial charge in [-0.2, -0.15) is 0 Å². The molecule has 5 nitrogen and oxygen atoms in total. The zero-order valence-corrected chi connectivity index (χ0v) is 15.5. The highest BCUT2D eigenvalue weighted by molar-refractivity contribution is 7.92. The number of carbonyl (C=O) groups is 1. The summed E-state index contributed by atoms with van der Waals surface area (Å²) in [5.41, 5.74) is 3.45. The Hall–Kier alpha value is -2.34. The molecule has 4 rings (SSSR count). The standard InChI is InChI=1S/C20H22N2O3S/c1-26(24,25)22-12-11-16-13-17(9-10-18(16)22)21-20(23)19(15-7-8-15)14-5-3-2-4-6-14/h2-6,9-10,13,15,19H,7-8,11-12H2,1H3,(H,21,23). The number of anilines is 2. The summed E-state index contributed by atoms with van der Waals surface area (Å²) in [5.74, 6) is 0.293. The van der Waals surface area contributed by atoms with Gasteiger partial charge in [0.05, 0.1) is 17.9 Å². The normalized spacial score (nSPS) is 17.7. The van der Waals surface area contributed by atoms with E-state index in [9.17, 15) is 13.2 Å². The number of nitrogens with zero attached hydrogens (tertiary/aromatic N) is 1. The van der Waals surface area contributed by atoms with E-state index in [2.05, 4.69) is 5.32 Å². The van der Waals surface area contributed by atoms with Crippen LogP contribution >= 0.6 is 0 Å². The van der Waals surface area contributed by atoms with Gasteiger partial charge in [-0.15, -0.1) is 0 Å². The van der Waals surface area contributed by atoms with E-state index >= 15 is 0 Å². The lowest BCUT2D eigenvalue weighted by Gasteiger charge is -2.18. The minimum absolute atomic E-state index is 0.0108. The third-order valence-electron chi connectivity index (χ3n) is 5.13. The lowest BCUT2D eigenvalue weighted by molar-refractivity contribution is -0.118. The smallest absolute Gasteiger partial charge is 0.232 e. The topological polar surface area (TPSA) is 66.5 Å². The summed E-state index contributed by atoms with van der Waals surface area (Å²) < 4.78 is 25.1. The fraction of sp³-hybridized carbons (Fsp3) is 0.350. The van der Waals surface area contributed by atoms with Gasteiger partial charge in [-0.1, -0.05) is 30.3 Å². The predicted molar refractivity (Wildman–Crippen MR) is 103 cm³/mol. The Labute approximate surface area is 154 Å². The molecule has 0 spiro atoms. The van der Waals surface area contributed by atoms with Crippen LogP contribution in [-0.2, 0) is 21.2 Å². The Balaban J connectivity index is 1.55. The van der Waals surface area contributed by atoms with Crippen molar-refractivity contribution in [3.63, 3.8) is 0 Å². The van der Waals surface area contributed by atoms with Gasteiger partial charge in [-0.3, -0.25) is 9.10 Å². The van der Waals surface area contributed by atoms with Crippen LogP contribution in [0.4, 0.5) is 11.4 Å². The third-order valence-corrected chi connectivity index (χ3v) is 6.31. The number of rotatable bonds is 5. The molecule has 1 heterocycles. The SMILES string of the molecule is CS(=O)(=O)N1CCc2cc(NC(=O)C(c3ccccc3)C3CC3)ccc21. The first-order chi connectivity index (χ1) is 12.4. The van der Waals surface area contributed by atoms with Crippen LogP contribution in [0.15, 0.2) is 48.5 Å². The van der Waals surface area contributed by atoms with Crippen LogP contribution in [-0.4, -0.2) is 27.1 Å². The molecular formula is C20H22N2O3S. The number of amides is 1. The zero-order valence-electron chi connectivity index (χ0n) is 14.7. The van der Waals surface area contributed by atoms with Crippen molar-refractivity contribution in [1.82, 2.24) is 0 Å². The van der Waals surface area contributed by atoms with Crippen molar-refractivity contribution in [2.24, 2.45) is 5.92 Å². The number of hydrogen-bond donors (Lipinski definition) is 1. The molecule has 136 valence electrons. The summed E-state index contributed by atoms with van der Waals surface area (Å²) in [4.78, 5) is 12.9. The van der Waals surface area contributed by atoms with E-state index in [4.69, 9.17) is 0 Å². The van der Waals surface area contributed by atoms with Crippen LogP contribution in [0.1, 0.15) is 29.9 Å². The zero-order chi connectivity index (χ0) is 18.3. The highest BCUT2D eigenvalue weighted by atomic mass is 32.2. The van der Waals surface area contributed by atoms with Gasteiger partial charge in [0, 0.05) is 12.2 Å². The van der Waals surface area contributed by atoms with Crippen LogP contribution in [0.5, 0.6) is 0 Å². The Morgan fingerprint density at radius 1 is 1.15 bits per heavy atom. The summed E-state index contributed by atoms with van der Waals surface area (Å²) >= 11 is 0. The van der Waals surface area contributed by atoms with Gasteiger partial charge >= 0.3 is 0 Å². The second-order valence-electron chi connectivity index (χ2n) is 7.14. The third kappa shape index (κ3) is 3.33. The minimum Gasteiger partial charge on any atom is -0.326 e. The van der Waals surface area contributed by atoms with Crippen molar-refractivity contribution >= 4 is 27.3 Å². The molecule has 0 saturated heterocycles. The molecule has 26 heavy (non-hydrogen) atoms. The molecule has 2 aromatic rings. The Morgan fingerprint density at radius 3 is 2.54 bits per heavy atom. The highest BCUT2D eigenvalue weighted by Gasteiger charge is 2.37. The maximum Gasteiger partial charge on any atom is 0.232 e. The van der Waals surface area contributed by atoms with E-state index in [0.717, 1.165) is 29.7 Å². The van der Waals surface area contributed by atoms with E-state index in [1.54, 1.807) is 12.1 Å². The Bertz CT molecular complexity index is 937. The first-order valence-corrected chi connectivity index (χ1v) is 10.7. The average Bonchev–Trinajstić information content (AvgIpc) is 3.32. The van der Waals surface area contributed by atoms with Crippen LogP contribution in [0, 0.1) is 5.92 Å². The monoisotopic (exact) mass is 370 g/mol. The molecule has 6 heteroatoms. The number of hydrogen-bond acceptors (Lipinski definition) is 3. The van der Waals surface area contributed by atoms with Gasteiger partial charge in [0.25, 0.3) is 0 Å². The van der Waals surface area contributed by atoms with Gasteiger partial charge in [0.2, 0.25) is 15.9 Å². The summed E-state index contributed by atoms with van der Waals surface area (Å²) in [7, 11) is -3.26. The molecule has 1 fully saturated rings. The van der Waals surface area contributed by atoms with Gasteiger partial charge < -0.3 is 5.32 Å². The van der Waals surface area contributed by atoms with E-state index in [1.807, 2.05) is 36.4 Å². The summed E-state index contributed by atoms with van der Waals surface area (Å²) in [6, 6.07) is 15.4. The molecule has 1 aliphatic heterocycles. The fourth-order valence-corrected chi connectivity index (χ4v) is 4.70. The molecule has 0 radical (unpaired) electrons. The predicted octanol–water partition coefficient (Wildman–Crippen LogP) is 3.14. The van der Waals surface area contributed by atoms with Crippen LogP contribution < -0.4 is 9.62 Å². The molecule has 1 amide bonds. The van der Waals surface area contributed by atoms with Crippen molar-refractivity contribution in [2.75, 3.05) is 22.4 Å². The lowest BCUT2D eigenvalue weighted by atomic mass is 9.93. The molecule has 1 saturated carbocycles. The number of carbonyl (C=O) groups excluding carboxylic acids is 1. The quantitative estimate of drug-likeness (QED) is 0.879. The van der Waals surface area contributed by atoms with Gasteiger partial charge in [0.15, 0.2) is 0 Å². The van der Waals surface area contributed by atoms with Crippen molar-refractivity contribution in [3.05, 3.63) is 59.7 Å². The maximum atomic E-state index is 12.9. The minimum atomic E-state index is -3.26. The molecule has 1 aliphatic carbocycles. The summed E-state index contributed by atoms with van der Waals surface area (Å²) in [6.45, 7) is 0.459. The second kappa shape index (κ2) is 6.43. The van der Waals surface area contributed by atoms with Gasteiger partial charge in [-0.05, 0) is 54.5 Å². The summed E-state index contributed by atoms with van der Waals surface area (Å²) in [6.07, 6.45) is 4.05. The lowest BCUT2D eigenvalue weighted by Crippen LogP contribution is -2.27. The Kier molecular flexibility index (Phi) is 4.23. The van der Waals surface area contributed by atoms with Crippen molar-refractivity contribution < 1.29 is 13.2 Å². The summed E-state index contributed by atoms with van der Waals surface area (Å²) in [5, 5.41) is 3.04. The van der Waals surface area contributed by atoms with E-state index in [-0.39, 0.29) is 11.8 Å². The molecule has 0 aromatic heterocycles. The van der Waals surface area contributed by atoms with Crippen molar-refractivity contribution in [2.45, 2.75) is 25.2 Å². The van der Waals surface area contributed by atoms with Crippen LogP contribution in [0.25, 0.3) is 0 Å². The molecular weight excluding hydrogens is 348 g/mol. The molecule has 1 atom stereocenters. The maximum absolute atomic E-state index is 12.9. The molecule has 1 N–H and O–H groups in total. The largest absolute Gasteiger partial charge is 0.326 e. The fourth-order valence-electron chi connectivity index (χ4n) is 3.74. The number of sulfonamides is 1. The first-order valence-electron chi connectivity index (χ1n) is 8.90. The molecule has 0 bridgehead atoms. The number of nitrogens with one attached hydrogen (secondary N) is 1. The van der Waals surface area contributed by atoms with Gasteiger partial charge in [-0.25, -0.2) is 8.42 Å². The highest BCUT2D eigenvalue weighted by Crippen LogP contribution is 2.43. The van der Waals surface area contributed by atoms with Crippen molar-refractivity contribution in [3.8, 4) is 0 Å². The molecule has 2 aromatic carbocycles. The van der Waals surface area contributed by atoms with Crippen molar-refractivity contribution in [1.29, 1.82) is 0 Å². The number of benzene rings is 2. The first kappa shape index (κ1) is 17.1. The van der Waals surface area contributed by atoms with E-state index in [0.29, 0.717) is 24.6 Å². The van der Waals surface area contributed by atoms with E-state index in [1.165, 1.54) is 10.6 Å². The Morgan fingerprint density at radius 2 is 1.88 bits per heavy atom. The molecule has 2 aliphatic rings. The average molecular weight is 370 g/mol. The van der Waals surface area contributed by atoms with Crippen LogP contribution in [0.2, 0.25) is 0 Å². The molecule has 1 unspecified atom stereocenters.